The van der Waals surface area contributed by atoms with Gasteiger partial charge in [0, 0.05) is 18.8 Å². The minimum absolute atomic E-state index is 0.236. The first-order chi connectivity index (χ1) is 10.0. The highest BCUT2D eigenvalue weighted by atomic mass is 32.2. The van der Waals surface area contributed by atoms with E-state index in [0.29, 0.717) is 37.1 Å². The molecule has 5 nitrogen and oxygen atoms in total. The van der Waals surface area contributed by atoms with E-state index in [1.807, 2.05) is 13.0 Å². The highest BCUT2D eigenvalue weighted by Crippen LogP contribution is 2.37. The van der Waals surface area contributed by atoms with Gasteiger partial charge in [-0.25, -0.2) is 8.42 Å². The van der Waals surface area contributed by atoms with Crippen molar-refractivity contribution < 1.29 is 13.2 Å². The SMILES string of the molecule is CCN(CC1CC1)S(=O)(=O)c1cc(N)cc2c1OCCC2. The van der Waals surface area contributed by atoms with Gasteiger partial charge in [-0.15, -0.1) is 0 Å². The van der Waals surface area contributed by atoms with E-state index in [1.165, 1.54) is 6.07 Å². The summed E-state index contributed by atoms with van der Waals surface area (Å²) in [6.45, 7) is 3.51. The molecule has 1 aliphatic heterocycles. The molecule has 0 unspecified atom stereocenters. The van der Waals surface area contributed by atoms with E-state index < -0.39 is 10.0 Å². The molecule has 1 heterocycles. The third-order valence-electron chi connectivity index (χ3n) is 4.12. The Hall–Kier alpha value is -1.27. The standard InChI is InChI=1S/C15H22N2O3S/c1-2-17(10-11-5-6-11)21(18,19)14-9-13(16)8-12-4-3-7-20-15(12)14/h8-9,11H,2-7,10,16H2,1H3. The highest BCUT2D eigenvalue weighted by molar-refractivity contribution is 7.89. The number of anilines is 1. The zero-order valence-corrected chi connectivity index (χ0v) is 13.2. The maximum atomic E-state index is 12.9. The Labute approximate surface area is 126 Å². The van der Waals surface area contributed by atoms with Crippen LogP contribution in [0.1, 0.15) is 31.7 Å². The van der Waals surface area contributed by atoms with Crippen molar-refractivity contribution >= 4 is 15.7 Å². The minimum atomic E-state index is -3.54. The fourth-order valence-corrected chi connectivity index (χ4v) is 4.52. The van der Waals surface area contributed by atoms with E-state index >= 15 is 0 Å². The lowest BCUT2D eigenvalue weighted by Crippen LogP contribution is -2.33. The molecule has 0 aromatic heterocycles. The van der Waals surface area contributed by atoms with Gasteiger partial charge in [-0.1, -0.05) is 6.92 Å². The maximum Gasteiger partial charge on any atom is 0.246 e. The molecule has 0 amide bonds. The largest absolute Gasteiger partial charge is 0.492 e. The molecule has 3 rings (SSSR count). The van der Waals surface area contributed by atoms with E-state index in [0.717, 1.165) is 31.2 Å². The smallest absolute Gasteiger partial charge is 0.246 e. The molecule has 0 bridgehead atoms. The summed E-state index contributed by atoms with van der Waals surface area (Å²) < 4.78 is 33.1. The molecule has 1 saturated carbocycles. The van der Waals surface area contributed by atoms with Crippen LogP contribution in [0.5, 0.6) is 5.75 Å². The number of ether oxygens (including phenoxy) is 1. The number of rotatable bonds is 5. The first-order valence-corrected chi connectivity index (χ1v) is 9.01. The van der Waals surface area contributed by atoms with Crippen LogP contribution in [0.25, 0.3) is 0 Å². The highest BCUT2D eigenvalue weighted by Gasteiger charge is 2.33. The minimum Gasteiger partial charge on any atom is -0.492 e. The Morgan fingerprint density at radius 1 is 1.38 bits per heavy atom. The molecule has 0 radical (unpaired) electrons. The van der Waals surface area contributed by atoms with E-state index in [9.17, 15) is 8.42 Å². The summed E-state index contributed by atoms with van der Waals surface area (Å²) in [5.74, 6) is 1.02. The summed E-state index contributed by atoms with van der Waals surface area (Å²) >= 11 is 0. The van der Waals surface area contributed by atoms with Crippen LogP contribution in [0.3, 0.4) is 0 Å². The summed E-state index contributed by atoms with van der Waals surface area (Å²) in [6, 6.07) is 3.36. The number of hydrogen-bond donors (Lipinski definition) is 1. The van der Waals surface area contributed by atoms with Crippen LogP contribution in [0.15, 0.2) is 17.0 Å². The van der Waals surface area contributed by atoms with Crippen LogP contribution in [0.2, 0.25) is 0 Å². The van der Waals surface area contributed by atoms with Gasteiger partial charge >= 0.3 is 0 Å². The summed E-state index contributed by atoms with van der Waals surface area (Å²) in [4.78, 5) is 0.236. The van der Waals surface area contributed by atoms with Crippen LogP contribution < -0.4 is 10.5 Å². The Morgan fingerprint density at radius 2 is 2.14 bits per heavy atom. The molecule has 1 fully saturated rings. The van der Waals surface area contributed by atoms with E-state index in [1.54, 1.807) is 4.31 Å². The predicted octanol–water partition coefficient (Wildman–Crippen LogP) is 2.01. The summed E-state index contributed by atoms with van der Waals surface area (Å²) in [5.41, 5.74) is 7.29. The fourth-order valence-electron chi connectivity index (χ4n) is 2.79. The molecule has 1 aromatic rings. The van der Waals surface area contributed by atoms with Crippen LogP contribution in [0.4, 0.5) is 5.69 Å². The summed E-state index contributed by atoms with van der Waals surface area (Å²) in [6.07, 6.45) is 3.96. The molecule has 0 atom stereocenters. The van der Waals surface area contributed by atoms with Gasteiger partial charge in [-0.05, 0) is 49.3 Å². The van der Waals surface area contributed by atoms with Gasteiger partial charge < -0.3 is 10.5 Å². The van der Waals surface area contributed by atoms with Gasteiger partial charge in [0.15, 0.2) is 0 Å². The van der Waals surface area contributed by atoms with Crippen molar-refractivity contribution in [3.63, 3.8) is 0 Å². The Balaban J connectivity index is 2.02. The maximum absolute atomic E-state index is 12.9. The van der Waals surface area contributed by atoms with E-state index in [4.69, 9.17) is 10.5 Å². The molecule has 21 heavy (non-hydrogen) atoms. The molecule has 0 spiro atoms. The number of sulfonamides is 1. The molecule has 6 heteroatoms. The second-order valence-electron chi connectivity index (χ2n) is 5.86. The monoisotopic (exact) mass is 310 g/mol. The molecule has 2 N–H and O–H groups in total. The van der Waals surface area contributed by atoms with Crippen molar-refractivity contribution in [3.05, 3.63) is 17.7 Å². The van der Waals surface area contributed by atoms with Gasteiger partial charge in [0.25, 0.3) is 0 Å². The molecule has 1 aliphatic carbocycles. The van der Waals surface area contributed by atoms with E-state index in [-0.39, 0.29) is 4.90 Å². The first-order valence-electron chi connectivity index (χ1n) is 7.57. The van der Waals surface area contributed by atoms with Crippen molar-refractivity contribution in [1.29, 1.82) is 0 Å². The third-order valence-corrected chi connectivity index (χ3v) is 6.07. The van der Waals surface area contributed by atoms with Gasteiger partial charge in [0.2, 0.25) is 10.0 Å². The first kappa shape index (κ1) is 14.7. The number of nitrogens with two attached hydrogens (primary N) is 1. The average molecular weight is 310 g/mol. The van der Waals surface area contributed by atoms with Crippen LogP contribution in [-0.2, 0) is 16.4 Å². The Bertz CT molecular complexity index is 639. The number of nitrogens with zero attached hydrogens (tertiary/aromatic N) is 1. The zero-order valence-electron chi connectivity index (χ0n) is 12.3. The van der Waals surface area contributed by atoms with Crippen LogP contribution >= 0.6 is 0 Å². The second kappa shape index (κ2) is 5.50. The Kier molecular flexibility index (Phi) is 3.84. The second-order valence-corrected chi connectivity index (χ2v) is 7.76. The van der Waals surface area contributed by atoms with Crippen molar-refractivity contribution in [3.8, 4) is 5.75 Å². The lowest BCUT2D eigenvalue weighted by molar-refractivity contribution is 0.279. The fraction of sp³-hybridized carbons (Fsp3) is 0.600. The van der Waals surface area contributed by atoms with Gasteiger partial charge in [-0.3, -0.25) is 0 Å². The molecule has 116 valence electrons. The number of benzene rings is 1. The van der Waals surface area contributed by atoms with Crippen molar-refractivity contribution in [1.82, 2.24) is 4.31 Å². The number of fused-ring (bicyclic) bond motifs is 1. The summed E-state index contributed by atoms with van der Waals surface area (Å²) in [7, 11) is -3.54. The van der Waals surface area contributed by atoms with Crippen molar-refractivity contribution in [2.75, 3.05) is 25.4 Å². The number of hydrogen-bond acceptors (Lipinski definition) is 4. The quantitative estimate of drug-likeness (QED) is 0.844. The normalized spacial score (nSPS) is 18.4. The molecule has 0 saturated heterocycles. The van der Waals surface area contributed by atoms with Crippen LogP contribution in [0, 0.1) is 5.92 Å². The molecular formula is C15H22N2O3S. The van der Waals surface area contributed by atoms with Crippen molar-refractivity contribution in [2.24, 2.45) is 5.92 Å². The van der Waals surface area contributed by atoms with Crippen molar-refractivity contribution in [2.45, 2.75) is 37.5 Å². The lowest BCUT2D eigenvalue weighted by atomic mass is 10.1. The number of nitrogen functional groups attached to an aromatic ring is 1. The predicted molar refractivity (Wildman–Crippen MR) is 81.8 cm³/mol. The number of aryl methyl sites for hydroxylation is 1. The lowest BCUT2D eigenvalue weighted by Gasteiger charge is -2.25. The average Bonchev–Trinajstić information content (AvgIpc) is 3.27. The molecular weight excluding hydrogens is 288 g/mol. The zero-order chi connectivity index (χ0) is 15.0. The van der Waals surface area contributed by atoms with Gasteiger partial charge in [0.05, 0.1) is 6.61 Å². The van der Waals surface area contributed by atoms with Crippen LogP contribution in [-0.4, -0.2) is 32.4 Å². The van der Waals surface area contributed by atoms with Gasteiger partial charge in [-0.2, -0.15) is 4.31 Å². The molecule has 2 aliphatic rings. The van der Waals surface area contributed by atoms with Gasteiger partial charge in [0.1, 0.15) is 10.6 Å². The third kappa shape index (κ3) is 2.87. The molecule has 1 aromatic carbocycles. The summed E-state index contributed by atoms with van der Waals surface area (Å²) in [5, 5.41) is 0. The topological polar surface area (TPSA) is 72.6 Å². The van der Waals surface area contributed by atoms with E-state index in [2.05, 4.69) is 0 Å². The Morgan fingerprint density at radius 3 is 2.81 bits per heavy atom.